The molecule has 0 saturated heterocycles. The lowest BCUT2D eigenvalue weighted by Gasteiger charge is -2.13. The van der Waals surface area contributed by atoms with Crippen LogP contribution in [0.4, 0.5) is 5.69 Å². The molecule has 0 bridgehead atoms. The summed E-state index contributed by atoms with van der Waals surface area (Å²) in [5.41, 5.74) is 7.56. The molecule has 1 aromatic carbocycles. The average Bonchev–Trinajstić information content (AvgIpc) is 2.79. The number of nitrogens with zero attached hydrogens (tertiary/aromatic N) is 1. The van der Waals surface area contributed by atoms with E-state index in [1.54, 1.807) is 23.1 Å². The van der Waals surface area contributed by atoms with Crippen molar-refractivity contribution in [1.29, 1.82) is 0 Å². The summed E-state index contributed by atoms with van der Waals surface area (Å²) in [5, 5.41) is 3.92. The Hall–Kier alpha value is -0.710. The first kappa shape index (κ1) is 14.7. The van der Waals surface area contributed by atoms with E-state index in [1.165, 1.54) is 5.01 Å². The third-order valence-corrected chi connectivity index (χ3v) is 5.22. The van der Waals surface area contributed by atoms with E-state index in [4.69, 9.17) is 17.3 Å². The van der Waals surface area contributed by atoms with E-state index >= 15 is 0 Å². The molecule has 0 unspecified atom stereocenters. The maximum atomic E-state index is 6.01. The van der Waals surface area contributed by atoms with Crippen LogP contribution in [0.15, 0.2) is 28.5 Å². The van der Waals surface area contributed by atoms with Crippen LogP contribution in [0.2, 0.25) is 5.02 Å². The second kappa shape index (κ2) is 5.73. The van der Waals surface area contributed by atoms with Gasteiger partial charge in [-0.1, -0.05) is 32.4 Å². The molecule has 2 N–H and O–H groups in total. The quantitative estimate of drug-likeness (QED) is 0.642. The summed E-state index contributed by atoms with van der Waals surface area (Å²) < 4.78 is 0. The lowest BCUT2D eigenvalue weighted by Crippen LogP contribution is -2.10. The normalized spacial score (nSPS) is 11.8. The summed E-state index contributed by atoms with van der Waals surface area (Å²) in [6.07, 6.45) is 0. The van der Waals surface area contributed by atoms with Gasteiger partial charge in [0.05, 0.1) is 21.4 Å². The molecule has 0 saturated carbocycles. The highest BCUT2D eigenvalue weighted by atomic mass is 35.5. The minimum absolute atomic E-state index is 0.123. The molecular formula is C14H17ClN2S2. The highest BCUT2D eigenvalue weighted by molar-refractivity contribution is 7.98. The molecule has 5 heteroatoms. The highest BCUT2D eigenvalue weighted by Gasteiger charge is 2.17. The molecule has 0 spiro atoms. The second-order valence-corrected chi connectivity index (χ2v) is 7.68. The fraction of sp³-hybridized carbons (Fsp3) is 0.357. The number of nitrogen functional groups attached to an aromatic ring is 1. The Morgan fingerprint density at radius 1 is 1.37 bits per heavy atom. The van der Waals surface area contributed by atoms with Crippen molar-refractivity contribution in [3.05, 3.63) is 39.3 Å². The summed E-state index contributed by atoms with van der Waals surface area (Å²) in [7, 11) is 0. The van der Waals surface area contributed by atoms with Crippen LogP contribution in [0.25, 0.3) is 0 Å². The van der Waals surface area contributed by atoms with Gasteiger partial charge in [0.1, 0.15) is 0 Å². The largest absolute Gasteiger partial charge is 0.398 e. The van der Waals surface area contributed by atoms with E-state index in [-0.39, 0.29) is 5.41 Å². The van der Waals surface area contributed by atoms with Gasteiger partial charge < -0.3 is 5.73 Å². The van der Waals surface area contributed by atoms with Gasteiger partial charge >= 0.3 is 0 Å². The number of hydrogen-bond donors (Lipinski definition) is 1. The van der Waals surface area contributed by atoms with Crippen LogP contribution in [0.3, 0.4) is 0 Å². The zero-order valence-corrected chi connectivity index (χ0v) is 13.6. The number of benzene rings is 1. The smallest absolute Gasteiger partial charge is 0.0982 e. The topological polar surface area (TPSA) is 38.9 Å². The van der Waals surface area contributed by atoms with Crippen molar-refractivity contribution < 1.29 is 0 Å². The molecule has 2 rings (SSSR count). The minimum Gasteiger partial charge on any atom is -0.398 e. The van der Waals surface area contributed by atoms with Crippen molar-refractivity contribution in [2.75, 3.05) is 5.73 Å². The maximum absolute atomic E-state index is 6.01. The van der Waals surface area contributed by atoms with Crippen molar-refractivity contribution in [3.63, 3.8) is 0 Å². The predicted molar refractivity (Wildman–Crippen MR) is 86.2 cm³/mol. The Morgan fingerprint density at radius 2 is 2.11 bits per heavy atom. The van der Waals surface area contributed by atoms with Crippen LogP contribution in [0.5, 0.6) is 0 Å². The molecular weight excluding hydrogens is 296 g/mol. The van der Waals surface area contributed by atoms with Crippen molar-refractivity contribution in [2.24, 2.45) is 0 Å². The minimum atomic E-state index is 0.123. The molecule has 0 fully saturated rings. The van der Waals surface area contributed by atoms with E-state index in [0.29, 0.717) is 10.7 Å². The lowest BCUT2D eigenvalue weighted by molar-refractivity contribution is 0.584. The van der Waals surface area contributed by atoms with Gasteiger partial charge in [0.25, 0.3) is 0 Å². The van der Waals surface area contributed by atoms with Gasteiger partial charge in [0, 0.05) is 21.4 Å². The molecule has 1 heterocycles. The van der Waals surface area contributed by atoms with E-state index < -0.39 is 0 Å². The summed E-state index contributed by atoms with van der Waals surface area (Å²) in [6.45, 7) is 6.55. The van der Waals surface area contributed by atoms with E-state index in [2.05, 4.69) is 31.1 Å². The number of hydrogen-bond acceptors (Lipinski definition) is 4. The van der Waals surface area contributed by atoms with Crippen molar-refractivity contribution >= 4 is 40.4 Å². The van der Waals surface area contributed by atoms with Gasteiger partial charge in [-0.25, -0.2) is 4.98 Å². The van der Waals surface area contributed by atoms with Crippen molar-refractivity contribution in [3.8, 4) is 0 Å². The van der Waals surface area contributed by atoms with Gasteiger partial charge in [-0.05, 0) is 18.2 Å². The number of rotatable bonds is 3. The monoisotopic (exact) mass is 312 g/mol. The molecule has 102 valence electrons. The first-order valence-electron chi connectivity index (χ1n) is 5.99. The van der Waals surface area contributed by atoms with Gasteiger partial charge in [-0.3, -0.25) is 0 Å². The van der Waals surface area contributed by atoms with E-state index in [1.807, 2.05) is 18.2 Å². The standard InChI is InChI=1S/C14H17ClN2S2/c1-14(2,3)13-17-9(8-19-13)7-18-10-4-5-12(16)11(15)6-10/h4-6,8H,7,16H2,1-3H3. The average molecular weight is 313 g/mol. The number of halogens is 1. The zero-order chi connectivity index (χ0) is 14.0. The van der Waals surface area contributed by atoms with Crippen LogP contribution in [-0.4, -0.2) is 4.98 Å². The SMILES string of the molecule is CC(C)(C)c1nc(CSc2ccc(N)c(Cl)c2)cs1. The Balaban J connectivity index is 2.02. The number of anilines is 1. The van der Waals surface area contributed by atoms with Gasteiger partial charge in [0.2, 0.25) is 0 Å². The molecule has 0 radical (unpaired) electrons. The Bertz CT molecular complexity index is 573. The first-order chi connectivity index (χ1) is 8.86. The maximum Gasteiger partial charge on any atom is 0.0982 e. The van der Waals surface area contributed by atoms with E-state index in [0.717, 1.165) is 16.3 Å². The fourth-order valence-electron chi connectivity index (χ4n) is 1.47. The van der Waals surface area contributed by atoms with Gasteiger partial charge in [0.15, 0.2) is 0 Å². The number of aromatic nitrogens is 1. The number of thiazole rings is 1. The molecule has 0 aliphatic heterocycles. The Kier molecular flexibility index (Phi) is 4.43. The van der Waals surface area contributed by atoms with Crippen LogP contribution >= 0.6 is 34.7 Å². The van der Waals surface area contributed by atoms with Crippen LogP contribution in [-0.2, 0) is 11.2 Å². The molecule has 0 aliphatic rings. The predicted octanol–water partition coefficient (Wildman–Crippen LogP) is 4.97. The Labute approximate surface area is 127 Å². The fourth-order valence-corrected chi connectivity index (χ4v) is 3.56. The number of nitrogens with two attached hydrogens (primary N) is 1. The highest BCUT2D eigenvalue weighted by Crippen LogP contribution is 2.31. The van der Waals surface area contributed by atoms with Crippen LogP contribution in [0, 0.1) is 0 Å². The van der Waals surface area contributed by atoms with Gasteiger partial charge in [-0.2, -0.15) is 0 Å². The lowest BCUT2D eigenvalue weighted by atomic mass is 9.98. The van der Waals surface area contributed by atoms with Crippen LogP contribution < -0.4 is 5.73 Å². The Morgan fingerprint density at radius 3 is 2.68 bits per heavy atom. The summed E-state index contributed by atoms with van der Waals surface area (Å²) in [6, 6.07) is 5.73. The number of thioether (sulfide) groups is 1. The first-order valence-corrected chi connectivity index (χ1v) is 8.23. The second-order valence-electron chi connectivity index (χ2n) is 5.37. The molecule has 0 atom stereocenters. The summed E-state index contributed by atoms with van der Waals surface area (Å²) in [5.74, 6) is 0.854. The van der Waals surface area contributed by atoms with Crippen LogP contribution in [0.1, 0.15) is 31.5 Å². The summed E-state index contributed by atoms with van der Waals surface area (Å²) in [4.78, 5) is 5.79. The van der Waals surface area contributed by atoms with Crippen molar-refractivity contribution in [1.82, 2.24) is 4.98 Å². The molecule has 0 amide bonds. The van der Waals surface area contributed by atoms with Gasteiger partial charge in [-0.15, -0.1) is 23.1 Å². The zero-order valence-electron chi connectivity index (χ0n) is 11.2. The molecule has 2 nitrogen and oxygen atoms in total. The third kappa shape index (κ3) is 3.88. The molecule has 19 heavy (non-hydrogen) atoms. The molecule has 2 aromatic rings. The third-order valence-electron chi connectivity index (χ3n) is 2.55. The molecule has 1 aromatic heterocycles. The molecule has 0 aliphatic carbocycles. The van der Waals surface area contributed by atoms with E-state index in [9.17, 15) is 0 Å². The van der Waals surface area contributed by atoms with Crippen molar-refractivity contribution in [2.45, 2.75) is 36.8 Å². The summed E-state index contributed by atoms with van der Waals surface area (Å²) >= 11 is 9.46.